The predicted octanol–water partition coefficient (Wildman–Crippen LogP) is 2.95. The first-order chi connectivity index (χ1) is 9.22. The number of benzene rings is 1. The standard InChI is InChI=1S/C14H16N4S/c1-3-18-9(2)16-11-6-10(4-5-13(11)18)12-8-19-14(7-15)17-12/h4-6,8H,3,7,15H2,1-2H3. The van der Waals surface area contributed by atoms with Crippen LogP contribution in [0.1, 0.15) is 17.8 Å². The van der Waals surface area contributed by atoms with Crippen LogP contribution in [-0.4, -0.2) is 14.5 Å². The molecule has 0 bridgehead atoms. The lowest BCUT2D eigenvalue weighted by molar-refractivity contribution is 0.753. The molecule has 1 aromatic carbocycles. The van der Waals surface area contributed by atoms with Crippen LogP contribution in [0.5, 0.6) is 0 Å². The Labute approximate surface area is 115 Å². The Morgan fingerprint density at radius 3 is 2.84 bits per heavy atom. The Morgan fingerprint density at radius 1 is 1.32 bits per heavy atom. The van der Waals surface area contributed by atoms with Gasteiger partial charge in [0, 0.05) is 24.0 Å². The minimum absolute atomic E-state index is 0.497. The Hall–Kier alpha value is -1.72. The number of nitrogens with zero attached hydrogens (tertiary/aromatic N) is 3. The third-order valence-corrected chi connectivity index (χ3v) is 4.15. The molecule has 2 heterocycles. The van der Waals surface area contributed by atoms with Gasteiger partial charge in [-0.1, -0.05) is 6.07 Å². The lowest BCUT2D eigenvalue weighted by Crippen LogP contribution is -1.96. The third kappa shape index (κ3) is 2.05. The van der Waals surface area contributed by atoms with Crippen LogP contribution in [0.2, 0.25) is 0 Å². The molecule has 3 rings (SSSR count). The summed E-state index contributed by atoms with van der Waals surface area (Å²) in [6, 6.07) is 6.32. The van der Waals surface area contributed by atoms with Crippen molar-refractivity contribution in [3.05, 3.63) is 34.4 Å². The molecule has 0 unspecified atom stereocenters. The third-order valence-electron chi connectivity index (χ3n) is 3.28. The fourth-order valence-electron chi connectivity index (χ4n) is 2.35. The first-order valence-electron chi connectivity index (χ1n) is 6.34. The van der Waals surface area contributed by atoms with Crippen LogP contribution in [0, 0.1) is 6.92 Å². The van der Waals surface area contributed by atoms with Gasteiger partial charge in [0.2, 0.25) is 0 Å². The lowest BCUT2D eigenvalue weighted by Gasteiger charge is -2.02. The van der Waals surface area contributed by atoms with Crippen LogP contribution in [0.15, 0.2) is 23.6 Å². The average Bonchev–Trinajstić information content (AvgIpc) is 3.00. The molecule has 0 radical (unpaired) electrons. The summed E-state index contributed by atoms with van der Waals surface area (Å²) in [5, 5.41) is 3.01. The molecular formula is C14H16N4S. The largest absolute Gasteiger partial charge is 0.329 e. The molecule has 0 saturated heterocycles. The summed E-state index contributed by atoms with van der Waals surface area (Å²) in [5.41, 5.74) is 9.89. The van der Waals surface area contributed by atoms with Crippen LogP contribution in [0.25, 0.3) is 22.3 Å². The van der Waals surface area contributed by atoms with Gasteiger partial charge in [0.1, 0.15) is 10.8 Å². The number of rotatable bonds is 3. The second-order valence-electron chi connectivity index (χ2n) is 4.44. The molecule has 0 aliphatic heterocycles. The molecule has 3 aromatic rings. The van der Waals surface area contributed by atoms with Crippen molar-refractivity contribution in [1.29, 1.82) is 0 Å². The minimum atomic E-state index is 0.497. The minimum Gasteiger partial charge on any atom is -0.329 e. The van der Waals surface area contributed by atoms with Crippen molar-refractivity contribution in [3.63, 3.8) is 0 Å². The smallest absolute Gasteiger partial charge is 0.107 e. The van der Waals surface area contributed by atoms with Crippen LogP contribution in [-0.2, 0) is 13.1 Å². The highest BCUT2D eigenvalue weighted by Crippen LogP contribution is 2.26. The van der Waals surface area contributed by atoms with Crippen LogP contribution in [0.3, 0.4) is 0 Å². The zero-order valence-corrected chi connectivity index (χ0v) is 11.9. The highest BCUT2D eigenvalue weighted by molar-refractivity contribution is 7.09. The number of hydrogen-bond acceptors (Lipinski definition) is 4. The summed E-state index contributed by atoms with van der Waals surface area (Å²) in [4.78, 5) is 9.13. The van der Waals surface area contributed by atoms with Gasteiger partial charge in [0.15, 0.2) is 0 Å². The van der Waals surface area contributed by atoms with E-state index in [1.807, 2.05) is 12.3 Å². The maximum Gasteiger partial charge on any atom is 0.107 e. The molecule has 0 aliphatic carbocycles. The summed E-state index contributed by atoms with van der Waals surface area (Å²) < 4.78 is 2.21. The first kappa shape index (κ1) is 12.3. The maximum atomic E-state index is 5.61. The SMILES string of the molecule is CCn1c(C)nc2cc(-c3csc(CN)n3)ccc21. The van der Waals surface area contributed by atoms with Crippen molar-refractivity contribution < 1.29 is 0 Å². The number of aryl methyl sites for hydroxylation is 2. The topological polar surface area (TPSA) is 56.7 Å². The number of aromatic nitrogens is 3. The molecule has 0 fully saturated rings. The fraction of sp³-hybridized carbons (Fsp3) is 0.286. The van der Waals surface area contributed by atoms with Gasteiger partial charge in [-0.05, 0) is 26.0 Å². The number of thiazole rings is 1. The Morgan fingerprint density at radius 2 is 2.16 bits per heavy atom. The van der Waals surface area contributed by atoms with Crippen molar-refractivity contribution in [2.45, 2.75) is 26.9 Å². The molecular weight excluding hydrogens is 256 g/mol. The zero-order chi connectivity index (χ0) is 13.4. The van der Waals surface area contributed by atoms with E-state index in [9.17, 15) is 0 Å². The summed E-state index contributed by atoms with van der Waals surface area (Å²) in [6.45, 7) is 5.61. The van der Waals surface area contributed by atoms with E-state index in [-0.39, 0.29) is 0 Å². The second-order valence-corrected chi connectivity index (χ2v) is 5.38. The predicted molar refractivity (Wildman–Crippen MR) is 79.1 cm³/mol. The van der Waals surface area contributed by atoms with Crippen LogP contribution < -0.4 is 5.73 Å². The van der Waals surface area contributed by atoms with Crippen molar-refractivity contribution in [2.24, 2.45) is 5.73 Å². The van der Waals surface area contributed by atoms with Crippen molar-refractivity contribution in [3.8, 4) is 11.3 Å². The average molecular weight is 272 g/mol. The Kier molecular flexibility index (Phi) is 3.08. The summed E-state index contributed by atoms with van der Waals surface area (Å²) in [6.07, 6.45) is 0. The lowest BCUT2D eigenvalue weighted by atomic mass is 10.1. The Bertz CT molecular complexity index is 726. The van der Waals surface area contributed by atoms with E-state index in [4.69, 9.17) is 5.73 Å². The summed E-state index contributed by atoms with van der Waals surface area (Å²) in [7, 11) is 0. The summed E-state index contributed by atoms with van der Waals surface area (Å²) in [5.74, 6) is 1.05. The van der Waals surface area contributed by atoms with E-state index in [0.29, 0.717) is 6.54 Å². The van der Waals surface area contributed by atoms with Crippen molar-refractivity contribution in [2.75, 3.05) is 0 Å². The van der Waals surface area contributed by atoms with Crippen LogP contribution >= 0.6 is 11.3 Å². The molecule has 0 spiro atoms. The highest BCUT2D eigenvalue weighted by atomic mass is 32.1. The number of hydrogen-bond donors (Lipinski definition) is 1. The molecule has 19 heavy (non-hydrogen) atoms. The monoisotopic (exact) mass is 272 g/mol. The van der Waals surface area contributed by atoms with Crippen LogP contribution in [0.4, 0.5) is 0 Å². The fourth-order valence-corrected chi connectivity index (χ4v) is 3.03. The van der Waals surface area contributed by atoms with E-state index < -0.39 is 0 Å². The summed E-state index contributed by atoms with van der Waals surface area (Å²) >= 11 is 1.60. The molecule has 2 N–H and O–H groups in total. The molecule has 98 valence electrons. The van der Waals surface area contributed by atoms with Gasteiger partial charge in [-0.2, -0.15) is 0 Å². The molecule has 4 nitrogen and oxygen atoms in total. The van der Waals surface area contributed by atoms with Crippen molar-refractivity contribution in [1.82, 2.24) is 14.5 Å². The van der Waals surface area contributed by atoms with E-state index in [2.05, 4.69) is 39.7 Å². The highest BCUT2D eigenvalue weighted by Gasteiger charge is 2.09. The normalized spacial score (nSPS) is 11.3. The van der Waals surface area contributed by atoms with Gasteiger partial charge in [0.05, 0.1) is 16.7 Å². The van der Waals surface area contributed by atoms with Gasteiger partial charge < -0.3 is 10.3 Å². The van der Waals surface area contributed by atoms with E-state index in [1.165, 1.54) is 5.52 Å². The van der Waals surface area contributed by atoms with E-state index in [0.717, 1.165) is 34.2 Å². The first-order valence-corrected chi connectivity index (χ1v) is 7.22. The van der Waals surface area contributed by atoms with Gasteiger partial charge >= 0.3 is 0 Å². The maximum absolute atomic E-state index is 5.61. The molecule has 5 heteroatoms. The van der Waals surface area contributed by atoms with Gasteiger partial charge in [0.25, 0.3) is 0 Å². The zero-order valence-electron chi connectivity index (χ0n) is 11.1. The van der Waals surface area contributed by atoms with Crippen molar-refractivity contribution >= 4 is 22.4 Å². The Balaban J connectivity index is 2.11. The number of fused-ring (bicyclic) bond motifs is 1. The molecule has 0 saturated carbocycles. The van der Waals surface area contributed by atoms with E-state index >= 15 is 0 Å². The number of nitrogens with two attached hydrogens (primary N) is 1. The molecule has 0 atom stereocenters. The molecule has 0 aliphatic rings. The molecule has 0 amide bonds. The number of imidazole rings is 1. The quantitative estimate of drug-likeness (QED) is 0.797. The second kappa shape index (κ2) is 4.75. The van der Waals surface area contributed by atoms with E-state index in [1.54, 1.807) is 11.3 Å². The molecule has 2 aromatic heterocycles. The van der Waals surface area contributed by atoms with Gasteiger partial charge in [-0.3, -0.25) is 0 Å². The van der Waals surface area contributed by atoms with Gasteiger partial charge in [-0.25, -0.2) is 9.97 Å². The van der Waals surface area contributed by atoms with Gasteiger partial charge in [-0.15, -0.1) is 11.3 Å².